The molecule has 65 heavy (non-hydrogen) atoms. The fourth-order valence-corrected chi connectivity index (χ4v) is 10.5. The Morgan fingerprint density at radius 2 is 1.06 bits per heavy atom. The van der Waals surface area contributed by atoms with Crippen molar-refractivity contribution in [3.8, 4) is 11.4 Å². The van der Waals surface area contributed by atoms with Crippen LogP contribution in [0.25, 0.3) is 67.9 Å². The number of fused-ring (bicyclic) bond motifs is 8. The van der Waals surface area contributed by atoms with Gasteiger partial charge in [0.1, 0.15) is 5.84 Å². The second-order valence-corrected chi connectivity index (χ2v) is 17.2. The number of benzene rings is 8. The third-order valence-electron chi connectivity index (χ3n) is 13.5. The zero-order chi connectivity index (χ0) is 42.8. The first-order chi connectivity index (χ1) is 32.2. The van der Waals surface area contributed by atoms with Crippen LogP contribution in [0.15, 0.2) is 210 Å². The molecule has 0 bridgehead atoms. The fourth-order valence-electron chi connectivity index (χ4n) is 10.5. The maximum atomic E-state index is 5.59. The molecule has 8 aromatic carbocycles. The molecule has 0 amide bonds. The van der Waals surface area contributed by atoms with E-state index in [1.165, 1.54) is 60.8 Å². The average Bonchev–Trinajstić information content (AvgIpc) is 3.82. The largest absolute Gasteiger partial charge is 0.313 e. The zero-order valence-corrected chi connectivity index (χ0v) is 35.7. The van der Waals surface area contributed by atoms with Crippen molar-refractivity contribution in [2.75, 3.05) is 4.90 Å². The summed E-state index contributed by atoms with van der Waals surface area (Å²) in [6.45, 7) is 0. The second-order valence-electron chi connectivity index (χ2n) is 17.2. The van der Waals surface area contributed by atoms with Gasteiger partial charge in [0.15, 0.2) is 6.17 Å². The Kier molecular flexibility index (Phi) is 8.73. The van der Waals surface area contributed by atoms with Crippen LogP contribution in [0.5, 0.6) is 0 Å². The number of aromatic nitrogens is 2. The molecule has 0 N–H and O–H groups in total. The van der Waals surface area contributed by atoms with E-state index in [1.807, 2.05) is 0 Å². The maximum Gasteiger partial charge on any atom is 0.167 e. The smallest absolute Gasteiger partial charge is 0.167 e. The Morgan fingerprint density at radius 3 is 1.80 bits per heavy atom. The number of hydrogen-bond donors (Lipinski definition) is 0. The number of hydrogen-bond acceptors (Lipinski definition) is 3. The van der Waals surface area contributed by atoms with Gasteiger partial charge in [0.2, 0.25) is 0 Å². The lowest BCUT2D eigenvalue weighted by molar-refractivity contribution is 0.759. The van der Waals surface area contributed by atoms with Gasteiger partial charge in [-0.05, 0) is 107 Å². The van der Waals surface area contributed by atoms with Crippen molar-refractivity contribution in [1.29, 1.82) is 0 Å². The summed E-state index contributed by atoms with van der Waals surface area (Å²) < 4.78 is 4.86. The van der Waals surface area contributed by atoms with Gasteiger partial charge >= 0.3 is 0 Å². The molecule has 2 aromatic heterocycles. The van der Waals surface area contributed by atoms with Crippen LogP contribution < -0.4 is 4.90 Å². The van der Waals surface area contributed by atoms with E-state index >= 15 is 0 Å². The highest BCUT2D eigenvalue weighted by molar-refractivity contribution is 6.22. The second kappa shape index (κ2) is 15.2. The average molecular weight is 834 g/mol. The number of anilines is 2. The summed E-state index contributed by atoms with van der Waals surface area (Å²) in [5.74, 6) is 0.966. The van der Waals surface area contributed by atoms with Crippen LogP contribution in [0.1, 0.15) is 58.1 Å². The van der Waals surface area contributed by atoms with Crippen molar-refractivity contribution in [1.82, 2.24) is 9.13 Å². The lowest BCUT2D eigenvalue weighted by atomic mass is 9.90. The minimum Gasteiger partial charge on any atom is -0.313 e. The molecule has 0 saturated carbocycles. The van der Waals surface area contributed by atoms with Gasteiger partial charge in [-0.1, -0.05) is 152 Å². The molecule has 0 spiro atoms. The molecule has 308 valence electrons. The molecule has 0 saturated heterocycles. The van der Waals surface area contributed by atoms with Crippen LogP contribution in [0.2, 0.25) is 0 Å². The predicted molar refractivity (Wildman–Crippen MR) is 272 cm³/mol. The summed E-state index contributed by atoms with van der Waals surface area (Å²) in [6.07, 6.45) is 9.19. The Bertz CT molecular complexity index is 3610. The van der Waals surface area contributed by atoms with Crippen molar-refractivity contribution < 1.29 is 0 Å². The Labute approximate surface area is 377 Å². The molecule has 5 nitrogen and oxygen atoms in total. The van der Waals surface area contributed by atoms with Gasteiger partial charge < -0.3 is 9.13 Å². The molecule has 1 atom stereocenters. The van der Waals surface area contributed by atoms with Crippen molar-refractivity contribution in [2.24, 2.45) is 9.98 Å². The minimum atomic E-state index is -0.388. The third-order valence-corrected chi connectivity index (χ3v) is 13.5. The van der Waals surface area contributed by atoms with Gasteiger partial charge in [-0.2, -0.15) is 0 Å². The normalized spacial score (nSPS) is 15.5. The zero-order valence-electron chi connectivity index (χ0n) is 35.7. The van der Waals surface area contributed by atoms with Crippen molar-refractivity contribution in [3.63, 3.8) is 0 Å². The van der Waals surface area contributed by atoms with Crippen LogP contribution in [-0.4, -0.2) is 20.7 Å². The first-order valence-corrected chi connectivity index (χ1v) is 22.6. The Balaban J connectivity index is 1.01. The summed E-state index contributed by atoms with van der Waals surface area (Å²) in [5.41, 5.74) is 18.9. The maximum absolute atomic E-state index is 5.59. The molecule has 3 aliphatic rings. The SMILES string of the molecule is C1=Cc2cc3c(cc2N(C2=NC(c4ccccc4)N=C(c4ccccc4)C2)c2ccc(C4=Cc5c(n(-c6ccccc6)c6ccccc56)CC4)cc21)c1ccccc1n3-c1ccccc1. The molecule has 5 heteroatoms. The molecule has 2 aliphatic heterocycles. The van der Waals surface area contributed by atoms with E-state index in [-0.39, 0.29) is 6.17 Å². The first kappa shape index (κ1) is 37.3. The monoisotopic (exact) mass is 833 g/mol. The lowest BCUT2D eigenvalue weighted by Gasteiger charge is -2.32. The third kappa shape index (κ3) is 6.23. The summed E-state index contributed by atoms with van der Waals surface area (Å²) in [6, 6.07) is 72.1. The Hall–Kier alpha value is -8.28. The number of para-hydroxylation sites is 4. The molecule has 10 aromatic rings. The van der Waals surface area contributed by atoms with Crippen LogP contribution in [0, 0.1) is 0 Å². The van der Waals surface area contributed by atoms with Gasteiger partial charge in [0.25, 0.3) is 0 Å². The number of rotatable bonds is 5. The van der Waals surface area contributed by atoms with E-state index in [1.54, 1.807) is 0 Å². The van der Waals surface area contributed by atoms with E-state index in [2.05, 4.69) is 232 Å². The molecule has 0 fully saturated rings. The number of allylic oxidation sites excluding steroid dienone is 1. The van der Waals surface area contributed by atoms with Gasteiger partial charge in [-0.25, -0.2) is 4.99 Å². The quantitative estimate of drug-likeness (QED) is 0.170. The molecule has 4 heterocycles. The van der Waals surface area contributed by atoms with E-state index in [4.69, 9.17) is 9.98 Å². The van der Waals surface area contributed by atoms with E-state index in [0.717, 1.165) is 63.7 Å². The minimum absolute atomic E-state index is 0.388. The molecular formula is C60H43N5. The highest BCUT2D eigenvalue weighted by atomic mass is 15.2. The molecule has 1 unspecified atom stereocenters. The van der Waals surface area contributed by atoms with Gasteiger partial charge in [-0.15, -0.1) is 0 Å². The standard InChI is InChI=1S/C60H43N5/c1-5-17-40(18-6-1)52-39-59(62-60(61-52)41-19-7-2-8-20-41)65-53-33-31-42(43-32-34-56-50(36-43)48-25-13-15-27-54(48)63(56)46-21-9-3-10-22-46)35-44(53)29-30-45-37-58-51(38-57(45)65)49-26-14-16-28-55(49)64(58)47-23-11-4-12-24-47/h1-31,33,35-38,60H,32,34,39H2. The summed E-state index contributed by atoms with van der Waals surface area (Å²) in [4.78, 5) is 13.4. The van der Waals surface area contributed by atoms with Gasteiger partial charge in [-0.3, -0.25) is 9.89 Å². The molecule has 0 radical (unpaired) electrons. The van der Waals surface area contributed by atoms with Crippen LogP contribution in [-0.2, 0) is 6.42 Å². The Morgan fingerprint density at radius 1 is 0.446 bits per heavy atom. The van der Waals surface area contributed by atoms with Crippen molar-refractivity contribution in [3.05, 3.63) is 239 Å². The van der Waals surface area contributed by atoms with Gasteiger partial charge in [0.05, 0.1) is 33.6 Å². The van der Waals surface area contributed by atoms with Crippen molar-refractivity contribution in [2.45, 2.75) is 25.4 Å². The first-order valence-electron chi connectivity index (χ1n) is 22.6. The van der Waals surface area contributed by atoms with Crippen LogP contribution in [0.3, 0.4) is 0 Å². The highest BCUT2D eigenvalue weighted by Crippen LogP contribution is 2.45. The summed E-state index contributed by atoms with van der Waals surface area (Å²) >= 11 is 0. The lowest BCUT2D eigenvalue weighted by Crippen LogP contribution is -2.32. The number of aliphatic imine (C=N–C) groups is 2. The molecule has 13 rings (SSSR count). The topological polar surface area (TPSA) is 37.8 Å². The summed E-state index contributed by atoms with van der Waals surface area (Å²) in [7, 11) is 0. The molecular weight excluding hydrogens is 791 g/mol. The van der Waals surface area contributed by atoms with E-state index in [0.29, 0.717) is 6.42 Å². The number of amidine groups is 1. The van der Waals surface area contributed by atoms with E-state index < -0.39 is 0 Å². The fraction of sp³-hybridized carbons (Fsp3) is 0.0667. The highest BCUT2D eigenvalue weighted by Gasteiger charge is 2.31. The van der Waals surface area contributed by atoms with Crippen molar-refractivity contribution >= 4 is 79.4 Å². The predicted octanol–water partition coefficient (Wildman–Crippen LogP) is 14.8. The number of nitrogens with zero attached hydrogens (tertiary/aromatic N) is 5. The van der Waals surface area contributed by atoms with E-state index in [9.17, 15) is 0 Å². The van der Waals surface area contributed by atoms with Crippen LogP contribution >= 0.6 is 0 Å². The molecule has 1 aliphatic carbocycles. The summed E-state index contributed by atoms with van der Waals surface area (Å²) in [5, 5.41) is 3.71. The van der Waals surface area contributed by atoms with Crippen LogP contribution in [0.4, 0.5) is 11.4 Å². The van der Waals surface area contributed by atoms with Gasteiger partial charge in [0, 0.05) is 50.8 Å².